The molecule has 3 aromatic rings. The van der Waals surface area contributed by atoms with Crippen LogP contribution in [0.1, 0.15) is 38.8 Å². The molecule has 1 aromatic heterocycles. The lowest BCUT2D eigenvalue weighted by Gasteiger charge is -2.38. The highest BCUT2D eigenvalue weighted by Gasteiger charge is 2.26. The Bertz CT molecular complexity index is 1300. The summed E-state index contributed by atoms with van der Waals surface area (Å²) in [6.07, 6.45) is 3.53. The Hall–Kier alpha value is -3.03. The van der Waals surface area contributed by atoms with Gasteiger partial charge >= 0.3 is 0 Å². The molecule has 0 saturated carbocycles. The summed E-state index contributed by atoms with van der Waals surface area (Å²) in [6, 6.07) is 11.8. The van der Waals surface area contributed by atoms with Crippen LogP contribution in [0.4, 0.5) is 21.7 Å². The molecular weight excluding hydrogens is 475 g/mol. The SMILES string of the molecule is CC(C)N1CCN(c2cc(Nc3ncc(Cl)c(-c4ccc5c(c4)C(C)(C)CN=C5)n3)ccc2F)CC1. The van der Waals surface area contributed by atoms with E-state index >= 15 is 0 Å². The van der Waals surface area contributed by atoms with Gasteiger partial charge in [-0.2, -0.15) is 0 Å². The minimum absolute atomic E-state index is 0.0636. The number of benzene rings is 2. The molecule has 5 rings (SSSR count). The minimum Gasteiger partial charge on any atom is -0.367 e. The molecule has 1 saturated heterocycles. The summed E-state index contributed by atoms with van der Waals surface area (Å²) in [5, 5.41) is 3.73. The van der Waals surface area contributed by atoms with Crippen LogP contribution in [-0.4, -0.2) is 59.8 Å². The van der Waals surface area contributed by atoms with Crippen molar-refractivity contribution in [3.8, 4) is 11.3 Å². The predicted octanol–water partition coefficient (Wildman–Crippen LogP) is 5.92. The van der Waals surface area contributed by atoms with Crippen LogP contribution in [0.2, 0.25) is 5.02 Å². The summed E-state index contributed by atoms with van der Waals surface area (Å²) in [6.45, 7) is 12.9. The lowest BCUT2D eigenvalue weighted by Crippen LogP contribution is -2.49. The maximum atomic E-state index is 14.7. The Morgan fingerprint density at radius 1 is 1.06 bits per heavy atom. The van der Waals surface area contributed by atoms with E-state index in [0.717, 1.165) is 49.5 Å². The van der Waals surface area contributed by atoms with Crippen LogP contribution >= 0.6 is 11.6 Å². The number of hydrogen-bond acceptors (Lipinski definition) is 6. The van der Waals surface area contributed by atoms with Gasteiger partial charge in [0.15, 0.2) is 0 Å². The number of anilines is 3. The molecule has 1 fully saturated rings. The van der Waals surface area contributed by atoms with E-state index in [2.05, 4.69) is 64.9 Å². The number of nitrogens with zero attached hydrogens (tertiary/aromatic N) is 5. The number of aromatic nitrogens is 2. The first-order chi connectivity index (χ1) is 17.2. The van der Waals surface area contributed by atoms with E-state index in [1.54, 1.807) is 12.3 Å². The largest absolute Gasteiger partial charge is 0.367 e. The zero-order valence-electron chi connectivity index (χ0n) is 21.2. The van der Waals surface area contributed by atoms with Crippen LogP contribution in [0.25, 0.3) is 11.3 Å². The third-order valence-corrected chi connectivity index (χ3v) is 7.38. The third-order valence-electron chi connectivity index (χ3n) is 7.10. The maximum Gasteiger partial charge on any atom is 0.227 e. The number of aliphatic imine (C=N–C) groups is 1. The molecule has 0 bridgehead atoms. The second kappa shape index (κ2) is 9.79. The molecule has 2 aromatic carbocycles. The molecule has 0 atom stereocenters. The highest BCUT2D eigenvalue weighted by molar-refractivity contribution is 6.32. The summed E-state index contributed by atoms with van der Waals surface area (Å²) in [5.74, 6) is 0.187. The number of piperazine rings is 1. The molecule has 188 valence electrons. The fourth-order valence-corrected chi connectivity index (χ4v) is 5.13. The highest BCUT2D eigenvalue weighted by atomic mass is 35.5. The van der Waals surface area contributed by atoms with Crippen molar-refractivity contribution in [2.75, 3.05) is 42.9 Å². The third kappa shape index (κ3) is 4.95. The Kier molecular flexibility index (Phi) is 6.70. The molecule has 2 aliphatic rings. The molecule has 6 nitrogen and oxygen atoms in total. The quantitative estimate of drug-likeness (QED) is 0.465. The van der Waals surface area contributed by atoms with Crippen molar-refractivity contribution < 1.29 is 4.39 Å². The number of halogens is 2. The van der Waals surface area contributed by atoms with Gasteiger partial charge in [0.25, 0.3) is 0 Å². The van der Waals surface area contributed by atoms with Crippen molar-refractivity contribution in [3.63, 3.8) is 0 Å². The van der Waals surface area contributed by atoms with Crippen molar-refractivity contribution in [2.24, 2.45) is 4.99 Å². The maximum absolute atomic E-state index is 14.7. The van der Waals surface area contributed by atoms with Gasteiger partial charge in [-0.15, -0.1) is 0 Å². The van der Waals surface area contributed by atoms with Gasteiger partial charge in [0.05, 0.1) is 22.6 Å². The molecule has 0 spiro atoms. The summed E-state index contributed by atoms with van der Waals surface area (Å²) in [4.78, 5) is 18.1. The highest BCUT2D eigenvalue weighted by Crippen LogP contribution is 2.35. The van der Waals surface area contributed by atoms with Crippen LogP contribution in [-0.2, 0) is 5.41 Å². The molecule has 1 N–H and O–H groups in total. The Labute approximate surface area is 217 Å². The fraction of sp³-hybridized carbons (Fsp3) is 0.393. The van der Waals surface area contributed by atoms with E-state index in [4.69, 9.17) is 16.6 Å². The zero-order valence-corrected chi connectivity index (χ0v) is 22.0. The fourth-order valence-electron chi connectivity index (χ4n) is 4.93. The Morgan fingerprint density at radius 3 is 2.58 bits per heavy atom. The van der Waals surface area contributed by atoms with E-state index in [0.29, 0.717) is 28.4 Å². The normalized spacial score (nSPS) is 17.4. The summed E-state index contributed by atoms with van der Waals surface area (Å²) < 4.78 is 14.7. The number of nitrogens with one attached hydrogen (secondary N) is 1. The van der Waals surface area contributed by atoms with Gasteiger partial charge in [0, 0.05) is 61.6 Å². The van der Waals surface area contributed by atoms with Crippen molar-refractivity contribution in [1.29, 1.82) is 0 Å². The van der Waals surface area contributed by atoms with E-state index in [1.807, 2.05) is 18.3 Å². The summed E-state index contributed by atoms with van der Waals surface area (Å²) in [5.41, 5.74) is 5.18. The lowest BCUT2D eigenvalue weighted by molar-refractivity contribution is 0.209. The standard InChI is InChI=1S/C28H32ClFN6/c1-18(2)35-9-11-36(12-10-35)25-14-21(7-8-24(25)30)33-27-32-16-23(29)26(34-27)19-5-6-20-15-31-17-28(3,4)22(20)13-19/h5-8,13-16,18H,9-12,17H2,1-4H3,(H,32,33,34). The van der Waals surface area contributed by atoms with Crippen LogP contribution in [0.3, 0.4) is 0 Å². The van der Waals surface area contributed by atoms with Crippen LogP contribution in [0.5, 0.6) is 0 Å². The van der Waals surface area contributed by atoms with Crippen LogP contribution in [0.15, 0.2) is 47.6 Å². The molecule has 0 aliphatic carbocycles. The van der Waals surface area contributed by atoms with Crippen molar-refractivity contribution in [2.45, 2.75) is 39.2 Å². The predicted molar refractivity (Wildman–Crippen MR) is 147 cm³/mol. The first-order valence-corrected chi connectivity index (χ1v) is 12.8. The van der Waals surface area contributed by atoms with E-state index in [1.165, 1.54) is 11.6 Å². The average molecular weight is 507 g/mol. The lowest BCUT2D eigenvalue weighted by atomic mass is 9.79. The van der Waals surface area contributed by atoms with E-state index in [-0.39, 0.29) is 11.2 Å². The van der Waals surface area contributed by atoms with Gasteiger partial charge in [-0.25, -0.2) is 14.4 Å². The first kappa shape index (κ1) is 24.7. The smallest absolute Gasteiger partial charge is 0.227 e. The Balaban J connectivity index is 1.40. The monoisotopic (exact) mass is 506 g/mol. The Morgan fingerprint density at radius 2 is 1.83 bits per heavy atom. The molecule has 0 unspecified atom stereocenters. The second-order valence-electron chi connectivity index (χ2n) is 10.5. The van der Waals surface area contributed by atoms with Gasteiger partial charge in [-0.1, -0.05) is 37.6 Å². The van der Waals surface area contributed by atoms with Crippen molar-refractivity contribution in [1.82, 2.24) is 14.9 Å². The van der Waals surface area contributed by atoms with Crippen LogP contribution < -0.4 is 10.2 Å². The summed E-state index contributed by atoms with van der Waals surface area (Å²) >= 11 is 6.53. The molecule has 8 heteroatoms. The number of rotatable bonds is 5. The van der Waals surface area contributed by atoms with Crippen molar-refractivity contribution >= 4 is 35.1 Å². The minimum atomic E-state index is -0.225. The van der Waals surface area contributed by atoms with Gasteiger partial charge in [0.2, 0.25) is 5.95 Å². The zero-order chi connectivity index (χ0) is 25.4. The number of hydrogen-bond donors (Lipinski definition) is 1. The van der Waals surface area contributed by atoms with Gasteiger partial charge < -0.3 is 10.2 Å². The topological polar surface area (TPSA) is 56.6 Å². The van der Waals surface area contributed by atoms with Crippen LogP contribution in [0, 0.1) is 5.82 Å². The molecule has 0 radical (unpaired) electrons. The van der Waals surface area contributed by atoms with Gasteiger partial charge in [-0.05, 0) is 49.2 Å². The molecule has 0 amide bonds. The van der Waals surface area contributed by atoms with Crippen molar-refractivity contribution in [3.05, 3.63) is 64.6 Å². The average Bonchev–Trinajstić information content (AvgIpc) is 2.86. The molecule has 2 aliphatic heterocycles. The first-order valence-electron chi connectivity index (χ1n) is 12.4. The van der Waals surface area contributed by atoms with Gasteiger partial charge in [0.1, 0.15) is 5.82 Å². The van der Waals surface area contributed by atoms with E-state index in [9.17, 15) is 4.39 Å². The second-order valence-corrected chi connectivity index (χ2v) is 10.9. The van der Waals surface area contributed by atoms with Gasteiger partial charge in [-0.3, -0.25) is 9.89 Å². The number of fused-ring (bicyclic) bond motifs is 1. The molecule has 3 heterocycles. The molecular formula is C28H32ClFN6. The summed E-state index contributed by atoms with van der Waals surface area (Å²) in [7, 11) is 0. The van der Waals surface area contributed by atoms with E-state index < -0.39 is 0 Å². The molecule has 36 heavy (non-hydrogen) atoms.